The van der Waals surface area contributed by atoms with Crippen molar-refractivity contribution in [3.63, 3.8) is 0 Å². The van der Waals surface area contributed by atoms with Crippen molar-refractivity contribution in [3.05, 3.63) is 0 Å². The minimum atomic E-state index is -0.995. The fraction of sp³-hybridized carbons (Fsp3) is 0.667. The zero-order valence-corrected chi connectivity index (χ0v) is 154. The van der Waals surface area contributed by atoms with Crippen LogP contribution in [0, 0.1) is 0 Å². The van der Waals surface area contributed by atoms with Gasteiger partial charge in [0.2, 0.25) is 0 Å². The summed E-state index contributed by atoms with van der Waals surface area (Å²) in [6.07, 6.45) is 1.000. The summed E-state index contributed by atoms with van der Waals surface area (Å²) in [5.74, 6) is -8.96. The molecule has 0 fully saturated rings. The topological polar surface area (TPSA) is 361 Å². The first-order valence-corrected chi connectivity index (χ1v) is 13.2. The smallest absolute Gasteiger partial charge is 0.550 e. The molecule has 0 atom stereocenters. The van der Waals surface area contributed by atoms with E-state index in [2.05, 4.69) is 0 Å². The van der Waals surface area contributed by atoms with Crippen molar-refractivity contribution in [1.29, 1.82) is 0 Å². The summed E-state index contributed by atoms with van der Waals surface area (Å²) in [5.41, 5.74) is 0. The second kappa shape index (κ2) is 632. The number of carbonyl (C=O) groups is 9. The Morgan fingerprint density at radius 3 is 0.105 bits per heavy atom. The summed E-state index contributed by atoms with van der Waals surface area (Å²) in [5, 5.41) is 83.3. The molecular formula is C27H45O18V69+336. The predicted octanol–water partition coefficient (Wildman–Crippen LogP) is -7.86. The molecule has 0 unspecified atom stereocenters. The zero-order valence-electron chi connectivity index (χ0n) is 58.1. The first-order chi connectivity index (χ1) is 20.4. The maximum atomic E-state index is 9.26. The van der Waals surface area contributed by atoms with Gasteiger partial charge in [-0.15, -0.1) is 0 Å². The van der Waals surface area contributed by atoms with Gasteiger partial charge in [-0.2, -0.15) is 0 Å². The number of carbonyl (C=O) groups excluding carboxylic acids is 9. The van der Waals surface area contributed by atoms with Crippen LogP contribution in [0.2, 0.25) is 0 Å². The molecule has 270 valence electrons. The van der Waals surface area contributed by atoms with Crippen LogP contribution in [0.25, 0.3) is 0 Å². The standard InChI is InChI=1S/9C3H6O2.69V/c9*1-2-3(4)5;;;;;;;;;;;;;;;;;;;;;;;;;;;;;;;;;;;;;;;;;;;;;;;;;;;;;;;;;;;;;;;;;;;;;/h9*2H2,1H3,(H,4,5);;;;;;;;;;;;;;;;;;;;;;;;;;;;;;;;;;;;;;;;;;;;;;;;;;;;;;;;;;;;;;;;;;;;;/q;;;;;;;;;69*+5/p-9. The first-order valence-electron chi connectivity index (χ1n) is 13.2. The SMILES string of the molecule is CCC(=O)[O-].CCC(=O)[O-].CCC(=O)[O-].CCC(=O)[O-].CCC(=O)[O-].CCC(=O)[O-].CCC(=O)[O-].CCC(=O)[O-].CCC(=O)[O-].[V+5].[V+5].[V+5].[V+5].[V+5].[V+5].[V+5].[V+5].[V+5].[V+5].[V+5].[V+5].[V+5].[V+5].[V+5].[V+5].[V+5].[V+5].[V+5].[V+5].[V+5].[V+5].[V+5].[V+5].[V+5].[V+5].[V+5].[V+5].[V+5].[V+5].[V+5].[V+5].[V+5].[V+5].[V+5].[V+5].[V+5].[V+5].[V+5].[V+5].[V+5].[V+5].[V+5].[V+5].[V+5].[V+5].[V+5].[V+5].[V+5].[V+5].[V+5].[V+5].[V+5].[V+5].[V+5].[V+5].[V+5].[V+5].[V+5].[V+5].[V+5].[V+5].[V+5].[V+5].[V+5].[V+5].[V+5].[V+5].[V+5]. The molecule has 87 heteroatoms. The summed E-state index contributed by atoms with van der Waals surface area (Å²) in [6, 6.07) is 0. The van der Waals surface area contributed by atoms with E-state index in [1.165, 1.54) is 62.3 Å². The van der Waals surface area contributed by atoms with Crippen molar-refractivity contribution in [2.45, 2.75) is 120 Å². The third kappa shape index (κ3) is 1100. The van der Waals surface area contributed by atoms with Crippen molar-refractivity contribution in [1.82, 2.24) is 0 Å². The Hall–Kier alpha value is 35.6. The Morgan fingerprint density at radius 1 is 0.0965 bits per heavy atom. The Balaban J connectivity index is -0.00000000156. The van der Waals surface area contributed by atoms with Gasteiger partial charge in [0, 0.05) is 53.7 Å². The molecule has 0 aromatic rings. The predicted molar refractivity (Wildman–Crippen MR) is 138 cm³/mol. The molecule has 0 aromatic heterocycles. The number of carboxylic acid groups (broad SMARTS) is 9. The van der Waals surface area contributed by atoms with E-state index in [0.717, 1.165) is 0 Å². The number of hydrogen-bond donors (Lipinski definition) is 0. The maximum absolute atomic E-state index is 9.26. The molecule has 0 rings (SSSR count). The second-order valence-electron chi connectivity index (χ2n) is 6.53. The van der Waals surface area contributed by atoms with Crippen LogP contribution in [-0.4, -0.2) is 53.7 Å². The van der Waals surface area contributed by atoms with Crippen molar-refractivity contribution >= 4 is 53.7 Å². The van der Waals surface area contributed by atoms with Crippen molar-refractivity contribution in [3.8, 4) is 0 Å². The van der Waals surface area contributed by atoms with Crippen LogP contribution in [0.4, 0.5) is 0 Å². The quantitative estimate of drug-likeness (QED) is 0.207. The Kier molecular flexibility index (Phi) is 3570. The average molecular weight is 4170 g/mol. The van der Waals surface area contributed by atoms with Crippen molar-refractivity contribution in [2.75, 3.05) is 0 Å². The fourth-order valence-electron chi connectivity index (χ4n) is 0. The van der Waals surface area contributed by atoms with E-state index in [-0.39, 0.29) is 1340 Å². The maximum Gasteiger partial charge on any atom is 5.00 e. The summed E-state index contributed by atoms with van der Waals surface area (Å²) in [6.45, 7) is 13.8. The van der Waals surface area contributed by atoms with Crippen LogP contribution < -0.4 is 46.0 Å². The van der Waals surface area contributed by atoms with E-state index in [4.69, 9.17) is 0 Å². The average Bonchev–Trinajstić information content (AvgIpc) is 2.99. The van der Waals surface area contributed by atoms with E-state index in [1.54, 1.807) is 0 Å². The van der Waals surface area contributed by atoms with E-state index in [9.17, 15) is 89.1 Å². The normalized spacial score (nSPS) is 2.92. The summed E-state index contributed by atoms with van der Waals surface area (Å²) < 4.78 is 0. The van der Waals surface area contributed by atoms with Gasteiger partial charge in [-0.05, 0) is 57.8 Å². The molecule has 0 aromatic carbocycles. The zero-order chi connectivity index (χ0) is 38.6. The van der Waals surface area contributed by atoms with E-state index in [1.807, 2.05) is 0 Å². The number of hydrogen-bond acceptors (Lipinski definition) is 18. The van der Waals surface area contributed by atoms with Gasteiger partial charge in [-0.25, -0.2) is 0 Å². The Bertz CT molecular complexity index is 671. The Labute approximate surface area is 1510 Å². The first kappa shape index (κ1) is 645. The van der Waals surface area contributed by atoms with Crippen molar-refractivity contribution in [2.24, 2.45) is 0 Å². The molecule has 114 heavy (non-hydrogen) atoms. The molecule has 0 saturated carbocycles. The van der Waals surface area contributed by atoms with Gasteiger partial charge in [-0.3, -0.25) is 0 Å². The molecule has 0 aliphatic carbocycles. The van der Waals surface area contributed by atoms with E-state index < -0.39 is 53.7 Å². The van der Waals surface area contributed by atoms with Gasteiger partial charge in [0.1, 0.15) is 0 Å². The molecule has 0 spiro atoms. The van der Waals surface area contributed by atoms with Crippen LogP contribution in [0.1, 0.15) is 120 Å². The van der Waals surface area contributed by atoms with Gasteiger partial charge in [-0.1, -0.05) is 62.3 Å². The molecule has 0 heterocycles. The third-order valence-electron chi connectivity index (χ3n) is 2.60. The summed E-state index contributed by atoms with van der Waals surface area (Å²) in [4.78, 5) is 83.3. The van der Waals surface area contributed by atoms with Gasteiger partial charge >= 0.3 is 1280 Å². The number of carboxylic acids is 9. The summed E-state index contributed by atoms with van der Waals surface area (Å²) in [7, 11) is 0. The second-order valence-corrected chi connectivity index (χ2v) is 6.53. The summed E-state index contributed by atoms with van der Waals surface area (Å²) >= 11 is 0. The monoisotopic (exact) mass is 4170 g/mol. The van der Waals surface area contributed by atoms with Gasteiger partial charge < -0.3 is 89.1 Å². The van der Waals surface area contributed by atoms with Crippen LogP contribution in [0.5, 0.6) is 0 Å². The largest absolute Gasteiger partial charge is 5.00 e. The molecule has 18 nitrogen and oxygen atoms in total. The van der Waals surface area contributed by atoms with Crippen LogP contribution in [0.3, 0.4) is 0 Å². The minimum absolute atomic E-state index is 0. The molecule has 0 saturated heterocycles. The van der Waals surface area contributed by atoms with Crippen molar-refractivity contribution < 1.29 is 1370 Å². The van der Waals surface area contributed by atoms with E-state index in [0.29, 0.717) is 0 Å². The third-order valence-corrected chi connectivity index (χ3v) is 2.60. The van der Waals surface area contributed by atoms with Crippen LogP contribution in [-0.2, 0) is 1320 Å². The molecule has 0 radical (unpaired) electrons. The fourth-order valence-corrected chi connectivity index (χ4v) is 0. The molecule has 0 aliphatic rings. The molecule has 0 bridgehead atoms. The molecule has 0 amide bonds. The van der Waals surface area contributed by atoms with Crippen LogP contribution in [0.15, 0.2) is 0 Å². The van der Waals surface area contributed by atoms with Gasteiger partial charge in [0.15, 0.2) is 0 Å². The van der Waals surface area contributed by atoms with Gasteiger partial charge in [0.05, 0.1) is 0 Å². The van der Waals surface area contributed by atoms with Crippen LogP contribution >= 0.6 is 0 Å². The van der Waals surface area contributed by atoms with E-state index >= 15 is 0 Å². The molecular weight excluding hydrogens is 4130 g/mol. The number of rotatable bonds is 9. The number of aliphatic carboxylic acids is 9. The molecule has 0 N–H and O–H groups in total. The Morgan fingerprint density at radius 2 is 0.105 bits per heavy atom. The minimum Gasteiger partial charge on any atom is -0.550 e. The van der Waals surface area contributed by atoms with Gasteiger partial charge in [0.25, 0.3) is 0 Å². The molecule has 0 aliphatic heterocycles.